The Labute approximate surface area is 136 Å². The highest BCUT2D eigenvalue weighted by Gasteiger charge is 2.13. The number of para-hydroxylation sites is 1. The predicted octanol–water partition coefficient (Wildman–Crippen LogP) is 5.81. The summed E-state index contributed by atoms with van der Waals surface area (Å²) >= 11 is 5.54. The molecule has 0 aliphatic heterocycles. The molecule has 106 valence electrons. The van der Waals surface area contributed by atoms with Gasteiger partial charge in [0, 0.05) is 12.0 Å². The van der Waals surface area contributed by atoms with Crippen molar-refractivity contribution in [3.63, 3.8) is 0 Å². The summed E-state index contributed by atoms with van der Waals surface area (Å²) in [5, 5.41) is 0. The minimum atomic E-state index is 0.813. The molecule has 3 aromatic rings. The van der Waals surface area contributed by atoms with E-state index in [2.05, 4.69) is 30.3 Å². The van der Waals surface area contributed by atoms with E-state index in [1.807, 2.05) is 24.3 Å². The zero-order valence-electron chi connectivity index (χ0n) is 11.5. The molecular formula is C17H14OS3. The van der Waals surface area contributed by atoms with Crippen LogP contribution in [0.3, 0.4) is 0 Å². The molecule has 0 fully saturated rings. The fourth-order valence-electron chi connectivity index (χ4n) is 2.28. The molecule has 0 bridgehead atoms. The second kappa shape index (κ2) is 6.52. The van der Waals surface area contributed by atoms with E-state index in [1.165, 1.54) is 21.6 Å². The van der Waals surface area contributed by atoms with Crippen LogP contribution in [-0.4, -0.2) is 7.11 Å². The first kappa shape index (κ1) is 14.4. The quantitative estimate of drug-likeness (QED) is 0.441. The van der Waals surface area contributed by atoms with E-state index in [9.17, 15) is 0 Å². The number of benzene rings is 2. The molecule has 1 heterocycles. The second-order valence-electron chi connectivity index (χ2n) is 4.62. The van der Waals surface area contributed by atoms with Gasteiger partial charge in [-0.1, -0.05) is 81.4 Å². The Morgan fingerprint density at radius 1 is 0.952 bits per heavy atom. The molecule has 0 spiro atoms. The lowest BCUT2D eigenvalue weighted by Crippen LogP contribution is -1.94. The first-order valence-electron chi connectivity index (χ1n) is 6.59. The Bertz CT molecular complexity index is 787. The Kier molecular flexibility index (Phi) is 4.48. The summed E-state index contributed by atoms with van der Waals surface area (Å²) < 4.78 is 6.43. The van der Waals surface area contributed by atoms with Gasteiger partial charge < -0.3 is 4.74 Å². The molecule has 0 saturated carbocycles. The Morgan fingerprint density at radius 3 is 2.43 bits per heavy atom. The third-order valence-electron chi connectivity index (χ3n) is 3.32. The molecule has 0 aliphatic carbocycles. The third kappa shape index (κ3) is 3.07. The molecule has 0 aliphatic rings. The summed E-state index contributed by atoms with van der Waals surface area (Å²) in [6, 6.07) is 18.6. The first-order valence-corrected chi connectivity index (χ1v) is 9.14. The average Bonchev–Trinajstić information content (AvgIpc) is 2.90. The number of hydrogen-bond donors (Lipinski definition) is 0. The number of hydrogen-bond acceptors (Lipinski definition) is 4. The van der Waals surface area contributed by atoms with Crippen LogP contribution in [0.1, 0.15) is 11.1 Å². The molecule has 0 N–H and O–H groups in total. The van der Waals surface area contributed by atoms with Crippen LogP contribution >= 0.6 is 32.9 Å². The van der Waals surface area contributed by atoms with E-state index in [0.29, 0.717) is 0 Å². The monoisotopic (exact) mass is 330 g/mol. The van der Waals surface area contributed by atoms with Crippen LogP contribution in [0.15, 0.2) is 54.6 Å². The van der Waals surface area contributed by atoms with Crippen molar-refractivity contribution >= 4 is 32.9 Å². The van der Waals surface area contributed by atoms with Crippen molar-refractivity contribution in [1.29, 1.82) is 0 Å². The lowest BCUT2D eigenvalue weighted by molar-refractivity contribution is 0.410. The van der Waals surface area contributed by atoms with Gasteiger partial charge in [0.1, 0.15) is 9.57 Å². The SMILES string of the molecule is COc1ccccc1Cc1c(-c2ccccc2)ssc1=S. The van der Waals surface area contributed by atoms with Gasteiger partial charge in [0.05, 0.1) is 12.0 Å². The van der Waals surface area contributed by atoms with Gasteiger partial charge in [-0.3, -0.25) is 0 Å². The van der Waals surface area contributed by atoms with Crippen LogP contribution in [0.4, 0.5) is 0 Å². The van der Waals surface area contributed by atoms with Gasteiger partial charge in [0.2, 0.25) is 0 Å². The molecule has 1 nitrogen and oxygen atoms in total. The van der Waals surface area contributed by atoms with E-state index in [-0.39, 0.29) is 0 Å². The predicted molar refractivity (Wildman–Crippen MR) is 94.3 cm³/mol. The number of ether oxygens (including phenoxy) is 1. The summed E-state index contributed by atoms with van der Waals surface area (Å²) in [4.78, 5) is 1.27. The summed E-state index contributed by atoms with van der Waals surface area (Å²) in [6.07, 6.45) is 0.813. The van der Waals surface area contributed by atoms with Crippen LogP contribution in [0, 0.1) is 3.82 Å². The molecular weight excluding hydrogens is 316 g/mol. The molecule has 0 radical (unpaired) electrons. The first-order chi connectivity index (χ1) is 10.3. The molecule has 1 aromatic heterocycles. The lowest BCUT2D eigenvalue weighted by atomic mass is 10.0. The summed E-state index contributed by atoms with van der Waals surface area (Å²) in [6.45, 7) is 0. The van der Waals surface area contributed by atoms with Crippen molar-refractivity contribution in [2.24, 2.45) is 0 Å². The van der Waals surface area contributed by atoms with Crippen molar-refractivity contribution in [1.82, 2.24) is 0 Å². The molecule has 0 unspecified atom stereocenters. The molecule has 21 heavy (non-hydrogen) atoms. The Morgan fingerprint density at radius 2 is 1.67 bits per heavy atom. The highest BCUT2D eigenvalue weighted by molar-refractivity contribution is 7.80. The highest BCUT2D eigenvalue weighted by Crippen LogP contribution is 2.36. The van der Waals surface area contributed by atoms with E-state index in [0.717, 1.165) is 16.0 Å². The molecule has 0 saturated heterocycles. The number of rotatable bonds is 4. The summed E-state index contributed by atoms with van der Waals surface area (Å²) in [5.41, 5.74) is 3.64. The van der Waals surface area contributed by atoms with Crippen molar-refractivity contribution in [3.8, 4) is 16.2 Å². The fourth-order valence-corrected chi connectivity index (χ4v) is 5.20. The Balaban J connectivity index is 2.04. The zero-order chi connectivity index (χ0) is 14.7. The van der Waals surface area contributed by atoms with E-state index in [4.69, 9.17) is 17.0 Å². The smallest absolute Gasteiger partial charge is 0.122 e. The van der Waals surface area contributed by atoms with Crippen molar-refractivity contribution in [2.75, 3.05) is 7.11 Å². The molecule has 4 heteroatoms. The largest absolute Gasteiger partial charge is 0.496 e. The minimum Gasteiger partial charge on any atom is -0.496 e. The maximum atomic E-state index is 5.54. The van der Waals surface area contributed by atoms with Gasteiger partial charge in [-0.15, -0.1) is 0 Å². The topological polar surface area (TPSA) is 9.23 Å². The minimum absolute atomic E-state index is 0.813. The maximum Gasteiger partial charge on any atom is 0.122 e. The standard InChI is InChI=1S/C17H14OS3/c1-18-15-10-6-5-9-13(15)11-14-16(20-21-17(14)19)12-7-3-2-4-8-12/h2-10H,11H2,1H3. The van der Waals surface area contributed by atoms with E-state index in [1.54, 1.807) is 27.8 Å². The average molecular weight is 330 g/mol. The molecule has 0 atom stereocenters. The normalized spacial score (nSPS) is 10.5. The van der Waals surface area contributed by atoms with Crippen LogP contribution in [0.5, 0.6) is 5.75 Å². The van der Waals surface area contributed by atoms with Gasteiger partial charge >= 0.3 is 0 Å². The molecule has 0 amide bonds. The van der Waals surface area contributed by atoms with Crippen LogP contribution in [0.2, 0.25) is 0 Å². The van der Waals surface area contributed by atoms with Gasteiger partial charge in [-0.05, 0) is 17.2 Å². The second-order valence-corrected chi connectivity index (χ2v) is 7.43. The van der Waals surface area contributed by atoms with Gasteiger partial charge in [0.25, 0.3) is 0 Å². The highest BCUT2D eigenvalue weighted by atomic mass is 32.9. The van der Waals surface area contributed by atoms with Crippen molar-refractivity contribution in [3.05, 3.63) is 69.5 Å². The van der Waals surface area contributed by atoms with E-state index < -0.39 is 0 Å². The van der Waals surface area contributed by atoms with Gasteiger partial charge in [-0.2, -0.15) is 0 Å². The van der Waals surface area contributed by atoms with Gasteiger partial charge in [-0.25, -0.2) is 0 Å². The molecule has 3 rings (SSSR count). The fraction of sp³-hybridized carbons (Fsp3) is 0.118. The summed E-state index contributed by atoms with van der Waals surface area (Å²) in [5.74, 6) is 0.919. The van der Waals surface area contributed by atoms with E-state index >= 15 is 0 Å². The van der Waals surface area contributed by atoms with Crippen molar-refractivity contribution < 1.29 is 4.74 Å². The summed E-state index contributed by atoms with van der Waals surface area (Å²) in [7, 11) is 5.14. The van der Waals surface area contributed by atoms with Crippen LogP contribution in [0.25, 0.3) is 10.4 Å². The third-order valence-corrected chi connectivity index (χ3v) is 6.51. The van der Waals surface area contributed by atoms with Crippen LogP contribution < -0.4 is 4.74 Å². The van der Waals surface area contributed by atoms with Crippen LogP contribution in [-0.2, 0) is 6.42 Å². The Hall–Kier alpha value is -1.49. The zero-order valence-corrected chi connectivity index (χ0v) is 14.0. The van der Waals surface area contributed by atoms with Gasteiger partial charge in [0.15, 0.2) is 0 Å². The number of methoxy groups -OCH3 is 1. The molecule has 2 aromatic carbocycles. The lowest BCUT2D eigenvalue weighted by Gasteiger charge is -2.08. The van der Waals surface area contributed by atoms with Crippen molar-refractivity contribution in [2.45, 2.75) is 6.42 Å². The maximum absolute atomic E-state index is 5.54.